The van der Waals surface area contributed by atoms with Crippen molar-refractivity contribution in [3.8, 4) is 0 Å². The lowest BCUT2D eigenvalue weighted by molar-refractivity contribution is 0.0775. The maximum atomic E-state index is 12.7. The highest BCUT2D eigenvalue weighted by Crippen LogP contribution is 2.33. The van der Waals surface area contributed by atoms with Crippen molar-refractivity contribution in [2.45, 2.75) is 29.2 Å². The number of amides is 1. The van der Waals surface area contributed by atoms with Crippen molar-refractivity contribution in [3.05, 3.63) is 23.5 Å². The average molecular weight is 343 g/mol. The number of aromatic nitrogens is 3. The molecule has 0 N–H and O–H groups in total. The molecule has 5 nitrogen and oxygen atoms in total. The second-order valence-electron chi connectivity index (χ2n) is 4.36. The molecule has 0 aliphatic rings. The predicted octanol–water partition coefficient (Wildman–Crippen LogP) is 3.08. The van der Waals surface area contributed by atoms with E-state index in [0.717, 1.165) is 27.0 Å². The second-order valence-corrected chi connectivity index (χ2v) is 7.00. The zero-order chi connectivity index (χ0) is 15.4. The lowest BCUT2D eigenvalue weighted by Crippen LogP contribution is -2.28. The highest BCUT2D eigenvalue weighted by atomic mass is 32.2. The standard InChI is InChI=1S/C13H18N4OS3/c1-5-17-9(6-7-14-17)8-16(2)12(18)10-11(19-3)15-21-13(10)20-4/h6-7H,5,8H2,1-4H3. The van der Waals surface area contributed by atoms with Crippen molar-refractivity contribution in [2.24, 2.45) is 0 Å². The van der Waals surface area contributed by atoms with Crippen LogP contribution >= 0.6 is 35.1 Å². The summed E-state index contributed by atoms with van der Waals surface area (Å²) in [5.74, 6) is 0.0151. The molecule has 21 heavy (non-hydrogen) atoms. The fraction of sp³-hybridized carbons (Fsp3) is 0.462. The van der Waals surface area contributed by atoms with E-state index in [-0.39, 0.29) is 5.91 Å². The van der Waals surface area contributed by atoms with Crippen LogP contribution in [0.5, 0.6) is 0 Å². The average Bonchev–Trinajstić information content (AvgIpc) is 3.11. The van der Waals surface area contributed by atoms with Gasteiger partial charge in [-0.3, -0.25) is 9.48 Å². The SMILES string of the molecule is CCn1nccc1CN(C)C(=O)c1c(SC)nsc1SC. The van der Waals surface area contributed by atoms with E-state index in [2.05, 4.69) is 9.47 Å². The molecule has 2 aromatic heterocycles. The molecular formula is C13H18N4OS3. The molecule has 0 saturated carbocycles. The van der Waals surface area contributed by atoms with Crippen molar-refractivity contribution in [1.82, 2.24) is 19.1 Å². The van der Waals surface area contributed by atoms with Crippen LogP contribution in [-0.4, -0.2) is 44.5 Å². The van der Waals surface area contributed by atoms with E-state index in [4.69, 9.17) is 0 Å². The Balaban J connectivity index is 2.21. The number of aryl methyl sites for hydroxylation is 1. The third-order valence-corrected chi connectivity index (χ3v) is 5.81. The Hall–Kier alpha value is -0.990. The van der Waals surface area contributed by atoms with Crippen LogP contribution in [0.1, 0.15) is 23.0 Å². The summed E-state index contributed by atoms with van der Waals surface area (Å²) in [6.45, 7) is 3.39. The molecule has 0 bridgehead atoms. The monoisotopic (exact) mass is 342 g/mol. The van der Waals surface area contributed by atoms with Gasteiger partial charge in [0.1, 0.15) is 5.03 Å². The Morgan fingerprint density at radius 3 is 2.81 bits per heavy atom. The highest BCUT2D eigenvalue weighted by Gasteiger charge is 2.23. The van der Waals surface area contributed by atoms with Crippen molar-refractivity contribution < 1.29 is 4.79 Å². The molecule has 0 aliphatic carbocycles. The van der Waals surface area contributed by atoms with Gasteiger partial charge in [-0.2, -0.15) is 9.47 Å². The molecule has 0 spiro atoms. The molecule has 0 radical (unpaired) electrons. The van der Waals surface area contributed by atoms with E-state index in [1.54, 1.807) is 22.9 Å². The number of nitrogens with zero attached hydrogens (tertiary/aromatic N) is 4. The van der Waals surface area contributed by atoms with Gasteiger partial charge in [0.25, 0.3) is 5.91 Å². The summed E-state index contributed by atoms with van der Waals surface area (Å²) in [6, 6.07) is 1.95. The van der Waals surface area contributed by atoms with E-state index in [0.29, 0.717) is 6.54 Å². The molecule has 2 heterocycles. The summed E-state index contributed by atoms with van der Waals surface area (Å²) in [5.41, 5.74) is 1.76. The summed E-state index contributed by atoms with van der Waals surface area (Å²) in [7, 11) is 1.82. The number of hydrogen-bond donors (Lipinski definition) is 0. The van der Waals surface area contributed by atoms with Crippen LogP contribution in [0.25, 0.3) is 0 Å². The first-order valence-corrected chi connectivity index (χ1v) is 9.68. The van der Waals surface area contributed by atoms with Gasteiger partial charge in [-0.1, -0.05) is 0 Å². The summed E-state index contributed by atoms with van der Waals surface area (Å²) in [4.78, 5) is 14.5. The molecule has 0 aliphatic heterocycles. The molecule has 2 aromatic rings. The summed E-state index contributed by atoms with van der Waals surface area (Å²) >= 11 is 4.47. The van der Waals surface area contributed by atoms with Crippen LogP contribution < -0.4 is 0 Å². The quantitative estimate of drug-likeness (QED) is 0.755. The molecule has 0 atom stereocenters. The minimum absolute atomic E-state index is 0.0151. The molecule has 2 rings (SSSR count). The number of carbonyl (C=O) groups excluding carboxylic acids is 1. The zero-order valence-electron chi connectivity index (χ0n) is 12.5. The molecule has 114 valence electrons. The smallest absolute Gasteiger partial charge is 0.258 e. The summed E-state index contributed by atoms with van der Waals surface area (Å²) in [5, 5.41) is 5.05. The Morgan fingerprint density at radius 2 is 2.19 bits per heavy atom. The van der Waals surface area contributed by atoms with Gasteiger partial charge in [-0.25, -0.2) is 0 Å². The van der Waals surface area contributed by atoms with Gasteiger partial charge in [0.2, 0.25) is 0 Å². The first-order chi connectivity index (χ1) is 10.1. The molecule has 1 amide bonds. The van der Waals surface area contributed by atoms with Crippen LogP contribution in [0.3, 0.4) is 0 Å². The van der Waals surface area contributed by atoms with E-state index < -0.39 is 0 Å². The van der Waals surface area contributed by atoms with E-state index in [9.17, 15) is 4.79 Å². The van der Waals surface area contributed by atoms with E-state index in [1.807, 2.05) is 37.2 Å². The van der Waals surface area contributed by atoms with Crippen LogP contribution in [0, 0.1) is 0 Å². The molecule has 0 fully saturated rings. The van der Waals surface area contributed by atoms with Crippen molar-refractivity contribution in [2.75, 3.05) is 19.6 Å². The van der Waals surface area contributed by atoms with Crippen molar-refractivity contribution in [3.63, 3.8) is 0 Å². The minimum Gasteiger partial charge on any atom is -0.336 e. The number of hydrogen-bond acceptors (Lipinski definition) is 6. The van der Waals surface area contributed by atoms with E-state index >= 15 is 0 Å². The van der Waals surface area contributed by atoms with Crippen LogP contribution in [0.15, 0.2) is 21.5 Å². The Kier molecular flexibility index (Phi) is 5.72. The summed E-state index contributed by atoms with van der Waals surface area (Å²) in [6.07, 6.45) is 5.69. The fourth-order valence-electron chi connectivity index (χ4n) is 2.00. The normalized spacial score (nSPS) is 10.9. The van der Waals surface area contributed by atoms with E-state index in [1.165, 1.54) is 23.3 Å². The Bertz CT molecular complexity index is 601. The second kappa shape index (κ2) is 7.33. The zero-order valence-corrected chi connectivity index (χ0v) is 14.9. The maximum Gasteiger partial charge on any atom is 0.258 e. The van der Waals surface area contributed by atoms with Crippen molar-refractivity contribution in [1.29, 1.82) is 0 Å². The van der Waals surface area contributed by atoms with Crippen molar-refractivity contribution >= 4 is 41.0 Å². The van der Waals surface area contributed by atoms with Gasteiger partial charge in [-0.05, 0) is 37.0 Å². The Labute approximate surface area is 137 Å². The van der Waals surface area contributed by atoms with Gasteiger partial charge >= 0.3 is 0 Å². The van der Waals surface area contributed by atoms with Gasteiger partial charge in [0, 0.05) is 19.8 Å². The van der Waals surface area contributed by atoms with Crippen LogP contribution in [0.2, 0.25) is 0 Å². The molecule has 0 unspecified atom stereocenters. The largest absolute Gasteiger partial charge is 0.336 e. The first kappa shape index (κ1) is 16.4. The number of rotatable bonds is 6. The molecular weight excluding hydrogens is 324 g/mol. The van der Waals surface area contributed by atoms with Crippen LogP contribution in [0.4, 0.5) is 0 Å². The summed E-state index contributed by atoms with van der Waals surface area (Å²) < 4.78 is 7.23. The fourth-order valence-corrected chi connectivity index (χ4v) is 4.27. The molecule has 8 heteroatoms. The van der Waals surface area contributed by atoms with Gasteiger partial charge in [-0.15, -0.1) is 23.5 Å². The predicted molar refractivity (Wildman–Crippen MR) is 89.4 cm³/mol. The lowest BCUT2D eigenvalue weighted by Gasteiger charge is -2.18. The first-order valence-electron chi connectivity index (χ1n) is 6.46. The lowest BCUT2D eigenvalue weighted by atomic mass is 10.3. The third-order valence-electron chi connectivity index (χ3n) is 3.07. The van der Waals surface area contributed by atoms with Crippen LogP contribution in [-0.2, 0) is 13.1 Å². The molecule has 0 saturated heterocycles. The number of thioether (sulfide) groups is 2. The number of carbonyl (C=O) groups is 1. The van der Waals surface area contributed by atoms with Gasteiger partial charge in [0.05, 0.1) is 22.0 Å². The van der Waals surface area contributed by atoms with Gasteiger partial charge < -0.3 is 4.90 Å². The van der Waals surface area contributed by atoms with Gasteiger partial charge in [0.15, 0.2) is 0 Å². The minimum atomic E-state index is 0.0151. The highest BCUT2D eigenvalue weighted by molar-refractivity contribution is 8.01. The third kappa shape index (κ3) is 3.44. The topological polar surface area (TPSA) is 51.0 Å². The maximum absolute atomic E-state index is 12.7. The Morgan fingerprint density at radius 1 is 1.43 bits per heavy atom. The molecule has 0 aromatic carbocycles.